The summed E-state index contributed by atoms with van der Waals surface area (Å²) in [7, 11) is -3.36. The minimum atomic E-state index is -3.36. The van der Waals surface area contributed by atoms with Crippen molar-refractivity contribution in [3.05, 3.63) is 28.7 Å². The predicted octanol–water partition coefficient (Wildman–Crippen LogP) is 1.59. The molecule has 1 fully saturated rings. The van der Waals surface area contributed by atoms with Gasteiger partial charge in [-0.3, -0.25) is 0 Å². The number of nitrogens with zero attached hydrogens (tertiary/aromatic N) is 1. The fourth-order valence-corrected chi connectivity index (χ4v) is 3.50. The van der Waals surface area contributed by atoms with Gasteiger partial charge in [0.05, 0.1) is 4.90 Å². The first kappa shape index (κ1) is 14.9. The number of hydrogen-bond acceptors (Lipinski definition) is 3. The molecule has 0 unspecified atom stereocenters. The fraction of sp³-hybridized carbons (Fsp3) is 0.400. The maximum absolute atomic E-state index is 12.1. The Kier molecular flexibility index (Phi) is 4.97. The van der Waals surface area contributed by atoms with Crippen LogP contribution in [0.5, 0.6) is 0 Å². The lowest BCUT2D eigenvalue weighted by Gasteiger charge is -2.15. The first-order valence-corrected chi connectivity index (χ1v) is 7.25. The number of rotatable bonds is 2. The molecule has 96 valence electrons. The van der Waals surface area contributed by atoms with Crippen LogP contribution in [0.3, 0.4) is 0 Å². The van der Waals surface area contributed by atoms with Gasteiger partial charge in [0.2, 0.25) is 10.0 Å². The van der Waals surface area contributed by atoms with Crippen LogP contribution in [-0.2, 0) is 10.0 Å². The van der Waals surface area contributed by atoms with Crippen molar-refractivity contribution in [2.45, 2.75) is 17.4 Å². The molecular weight excluding hydrogens is 328 g/mol. The predicted molar refractivity (Wildman–Crippen MR) is 72.7 cm³/mol. The quantitative estimate of drug-likeness (QED) is 0.888. The van der Waals surface area contributed by atoms with Crippen molar-refractivity contribution in [3.8, 4) is 0 Å². The molecule has 17 heavy (non-hydrogen) atoms. The Morgan fingerprint density at radius 1 is 1.29 bits per heavy atom. The van der Waals surface area contributed by atoms with E-state index in [-0.39, 0.29) is 18.4 Å². The van der Waals surface area contributed by atoms with Gasteiger partial charge in [-0.05, 0) is 30.7 Å². The lowest BCUT2D eigenvalue weighted by Crippen LogP contribution is -2.31. The monoisotopic (exact) mass is 340 g/mol. The first-order chi connectivity index (χ1) is 7.50. The first-order valence-electron chi connectivity index (χ1n) is 5.01. The molecule has 1 aliphatic rings. The summed E-state index contributed by atoms with van der Waals surface area (Å²) in [6, 6.07) is 6.61. The molecule has 2 N–H and O–H groups in total. The average Bonchev–Trinajstić information content (AvgIpc) is 2.66. The van der Waals surface area contributed by atoms with Gasteiger partial charge < -0.3 is 5.73 Å². The van der Waals surface area contributed by atoms with Gasteiger partial charge in [0.25, 0.3) is 0 Å². The van der Waals surface area contributed by atoms with Crippen LogP contribution in [0.2, 0.25) is 0 Å². The summed E-state index contributed by atoms with van der Waals surface area (Å²) < 4.78 is 26.6. The van der Waals surface area contributed by atoms with Gasteiger partial charge in [-0.25, -0.2) is 8.42 Å². The molecule has 1 aliphatic heterocycles. The van der Waals surface area contributed by atoms with Crippen molar-refractivity contribution >= 4 is 38.4 Å². The van der Waals surface area contributed by atoms with Crippen molar-refractivity contribution in [1.82, 2.24) is 4.31 Å². The van der Waals surface area contributed by atoms with Crippen molar-refractivity contribution in [3.63, 3.8) is 0 Å². The Morgan fingerprint density at radius 3 is 2.35 bits per heavy atom. The van der Waals surface area contributed by atoms with Crippen LogP contribution < -0.4 is 5.73 Å². The second-order valence-electron chi connectivity index (χ2n) is 3.87. The summed E-state index contributed by atoms with van der Waals surface area (Å²) in [4.78, 5) is 0.324. The number of nitrogens with two attached hydrogens (primary N) is 1. The van der Waals surface area contributed by atoms with Gasteiger partial charge in [0.1, 0.15) is 0 Å². The zero-order chi connectivity index (χ0) is 11.8. The molecule has 0 aromatic heterocycles. The van der Waals surface area contributed by atoms with Crippen LogP contribution in [0.15, 0.2) is 33.6 Å². The lowest BCUT2D eigenvalue weighted by molar-refractivity contribution is 0.472. The van der Waals surface area contributed by atoms with Crippen LogP contribution in [-0.4, -0.2) is 31.9 Å². The van der Waals surface area contributed by atoms with Crippen LogP contribution in [0, 0.1) is 0 Å². The smallest absolute Gasteiger partial charge is 0.243 e. The van der Waals surface area contributed by atoms with Gasteiger partial charge in [-0.2, -0.15) is 4.31 Å². The molecule has 0 radical (unpaired) electrons. The zero-order valence-electron chi connectivity index (χ0n) is 9.04. The van der Waals surface area contributed by atoms with E-state index in [1.165, 1.54) is 4.31 Å². The fourth-order valence-electron chi connectivity index (χ4n) is 1.73. The molecule has 1 saturated heterocycles. The SMILES string of the molecule is Cl.N[C@H]1CCN(S(=O)(=O)c2ccc(Br)cc2)C1. The molecule has 7 heteroatoms. The number of sulfonamides is 1. The summed E-state index contributed by atoms with van der Waals surface area (Å²) >= 11 is 3.28. The van der Waals surface area contributed by atoms with Crippen LogP contribution in [0.25, 0.3) is 0 Å². The molecule has 1 aromatic rings. The molecule has 1 aromatic carbocycles. The largest absolute Gasteiger partial charge is 0.326 e. The summed E-state index contributed by atoms with van der Waals surface area (Å²) in [5, 5.41) is 0. The van der Waals surface area contributed by atoms with E-state index in [1.54, 1.807) is 24.3 Å². The van der Waals surface area contributed by atoms with Gasteiger partial charge in [0, 0.05) is 23.6 Å². The van der Waals surface area contributed by atoms with E-state index in [0.29, 0.717) is 18.0 Å². The molecule has 2 rings (SSSR count). The maximum atomic E-state index is 12.1. The van der Waals surface area contributed by atoms with Crippen LogP contribution in [0.4, 0.5) is 0 Å². The highest BCUT2D eigenvalue weighted by molar-refractivity contribution is 9.10. The third-order valence-corrected chi connectivity index (χ3v) is 5.05. The van der Waals surface area contributed by atoms with E-state index in [9.17, 15) is 8.42 Å². The third kappa shape index (κ3) is 3.20. The normalized spacial score (nSPS) is 21.2. The van der Waals surface area contributed by atoms with Crippen molar-refractivity contribution in [2.24, 2.45) is 5.73 Å². The molecule has 0 bridgehead atoms. The number of halogens is 2. The average molecular weight is 342 g/mol. The van der Waals surface area contributed by atoms with E-state index in [0.717, 1.165) is 10.9 Å². The molecule has 1 heterocycles. The zero-order valence-corrected chi connectivity index (χ0v) is 12.3. The Balaban J connectivity index is 0.00000144. The molecule has 0 spiro atoms. The Morgan fingerprint density at radius 2 is 1.88 bits per heavy atom. The van der Waals surface area contributed by atoms with Crippen molar-refractivity contribution < 1.29 is 8.42 Å². The van der Waals surface area contributed by atoms with Crippen molar-refractivity contribution in [2.75, 3.05) is 13.1 Å². The van der Waals surface area contributed by atoms with Gasteiger partial charge >= 0.3 is 0 Å². The second kappa shape index (κ2) is 5.67. The molecule has 0 saturated carbocycles. The summed E-state index contributed by atoms with van der Waals surface area (Å²) in [6.07, 6.45) is 0.732. The molecule has 4 nitrogen and oxygen atoms in total. The van der Waals surface area contributed by atoms with Gasteiger partial charge in [-0.15, -0.1) is 12.4 Å². The number of benzene rings is 1. The second-order valence-corrected chi connectivity index (χ2v) is 6.72. The highest BCUT2D eigenvalue weighted by Gasteiger charge is 2.30. The molecular formula is C10H14BrClN2O2S. The van der Waals surface area contributed by atoms with Crippen LogP contribution in [0.1, 0.15) is 6.42 Å². The Labute approximate surface area is 116 Å². The van der Waals surface area contributed by atoms with E-state index < -0.39 is 10.0 Å². The van der Waals surface area contributed by atoms with Gasteiger partial charge in [-0.1, -0.05) is 15.9 Å². The van der Waals surface area contributed by atoms with Gasteiger partial charge in [0.15, 0.2) is 0 Å². The van der Waals surface area contributed by atoms with E-state index >= 15 is 0 Å². The Bertz CT molecular complexity index is 478. The van der Waals surface area contributed by atoms with Crippen molar-refractivity contribution in [1.29, 1.82) is 0 Å². The number of hydrogen-bond donors (Lipinski definition) is 1. The molecule has 1 atom stereocenters. The topological polar surface area (TPSA) is 63.4 Å². The maximum Gasteiger partial charge on any atom is 0.243 e. The van der Waals surface area contributed by atoms with E-state index in [2.05, 4.69) is 15.9 Å². The summed E-state index contributed by atoms with van der Waals surface area (Å²) in [5.41, 5.74) is 5.71. The highest BCUT2D eigenvalue weighted by Crippen LogP contribution is 2.21. The summed E-state index contributed by atoms with van der Waals surface area (Å²) in [5.74, 6) is 0. The minimum absolute atomic E-state index is 0. The summed E-state index contributed by atoms with van der Waals surface area (Å²) in [6.45, 7) is 0.929. The highest BCUT2D eigenvalue weighted by atomic mass is 79.9. The molecule has 0 aliphatic carbocycles. The third-order valence-electron chi connectivity index (χ3n) is 2.64. The van der Waals surface area contributed by atoms with E-state index in [1.807, 2.05) is 0 Å². The standard InChI is InChI=1S/C10H13BrN2O2S.ClH/c11-8-1-3-10(4-2-8)16(14,15)13-6-5-9(12)7-13;/h1-4,9H,5-7,12H2;1H/t9-;/m0./s1. The Hall–Kier alpha value is -0.140. The lowest BCUT2D eigenvalue weighted by atomic mass is 10.3. The molecule has 0 amide bonds. The van der Waals surface area contributed by atoms with E-state index in [4.69, 9.17) is 5.73 Å². The minimum Gasteiger partial charge on any atom is -0.326 e. The van der Waals surface area contributed by atoms with Crippen LogP contribution >= 0.6 is 28.3 Å².